The number of nitrogens with zero attached hydrogens (tertiary/aromatic N) is 3. The van der Waals surface area contributed by atoms with Crippen molar-refractivity contribution in [1.29, 1.82) is 0 Å². The molecule has 1 aromatic carbocycles. The summed E-state index contributed by atoms with van der Waals surface area (Å²) in [7, 11) is 0. The van der Waals surface area contributed by atoms with Crippen LogP contribution in [0.2, 0.25) is 0 Å². The van der Waals surface area contributed by atoms with Gasteiger partial charge in [-0.1, -0.05) is 23.5 Å². The molecule has 3 N–H and O–H groups in total. The van der Waals surface area contributed by atoms with Crippen LogP contribution in [-0.2, 0) is 0 Å². The number of aryl methyl sites for hydroxylation is 1. The zero-order valence-electron chi connectivity index (χ0n) is 11.3. The predicted molar refractivity (Wildman–Crippen MR) is 78.9 cm³/mol. The van der Waals surface area contributed by atoms with Crippen LogP contribution < -0.4 is 16.3 Å². The highest BCUT2D eigenvalue weighted by Gasteiger charge is 2.13. The van der Waals surface area contributed by atoms with Crippen molar-refractivity contribution in [1.82, 2.24) is 10.4 Å². The monoisotopic (exact) mass is 320 g/mol. The second kappa shape index (κ2) is 6.18. The van der Waals surface area contributed by atoms with Crippen molar-refractivity contribution < 1.29 is 14.8 Å². The Morgan fingerprint density at radius 1 is 1.55 bits per heavy atom. The number of nitrogen functional groups attached to an aromatic ring is 1. The molecule has 0 aliphatic rings. The molecule has 0 bridgehead atoms. The van der Waals surface area contributed by atoms with Crippen molar-refractivity contribution in [2.75, 3.05) is 5.73 Å². The summed E-state index contributed by atoms with van der Waals surface area (Å²) in [6.07, 6.45) is 1.20. The predicted octanol–water partition coefficient (Wildman–Crippen LogP) is 0.779. The third kappa shape index (κ3) is 3.35. The number of hydrazone groups is 1. The van der Waals surface area contributed by atoms with E-state index in [4.69, 9.17) is 5.73 Å². The third-order valence-electron chi connectivity index (χ3n) is 2.58. The van der Waals surface area contributed by atoms with E-state index in [2.05, 4.69) is 15.5 Å². The van der Waals surface area contributed by atoms with E-state index in [0.717, 1.165) is 23.5 Å². The molecule has 0 fully saturated rings. The fraction of sp³-hybridized carbons (Fsp3) is 0.0833. The molecule has 1 aromatic heterocycles. The Bertz CT molecular complexity index is 771. The van der Waals surface area contributed by atoms with Gasteiger partial charge in [-0.25, -0.2) is 10.4 Å². The first-order valence-corrected chi connectivity index (χ1v) is 6.72. The molecule has 10 heteroatoms. The minimum Gasteiger partial charge on any atom is -0.868 e. The van der Waals surface area contributed by atoms with Gasteiger partial charge < -0.3 is 10.8 Å². The maximum absolute atomic E-state index is 11.8. The SMILES string of the molecule is Cc1nc(N)sc1C(=O)NN=Cc1ccc([O-])c([N+](=O)[O-])c1. The normalized spacial score (nSPS) is 10.8. The number of carbonyl (C=O) groups excluding carboxylic acids is 1. The summed E-state index contributed by atoms with van der Waals surface area (Å²) in [5, 5.41) is 25.9. The molecular formula is C12H10N5O4S-. The number of nitrogens with one attached hydrogen (secondary N) is 1. The Hall–Kier alpha value is -3.01. The molecule has 0 aliphatic carbocycles. The van der Waals surface area contributed by atoms with Gasteiger partial charge in [0.05, 0.1) is 16.8 Å². The van der Waals surface area contributed by atoms with Crippen molar-refractivity contribution in [2.24, 2.45) is 5.10 Å². The van der Waals surface area contributed by atoms with Gasteiger partial charge in [0.2, 0.25) is 0 Å². The second-order valence-electron chi connectivity index (χ2n) is 4.15. The van der Waals surface area contributed by atoms with Crippen molar-refractivity contribution in [3.63, 3.8) is 0 Å². The van der Waals surface area contributed by atoms with Crippen LogP contribution in [0, 0.1) is 17.0 Å². The molecule has 2 aromatic rings. The van der Waals surface area contributed by atoms with Crippen LogP contribution in [-0.4, -0.2) is 22.0 Å². The number of anilines is 1. The van der Waals surface area contributed by atoms with E-state index in [-0.39, 0.29) is 5.13 Å². The third-order valence-corrected chi connectivity index (χ3v) is 3.56. The van der Waals surface area contributed by atoms with Crippen molar-refractivity contribution in [2.45, 2.75) is 6.92 Å². The largest absolute Gasteiger partial charge is 0.868 e. The van der Waals surface area contributed by atoms with Gasteiger partial charge in [0, 0.05) is 11.6 Å². The quantitative estimate of drug-likeness (QED) is 0.483. The van der Waals surface area contributed by atoms with E-state index in [1.165, 1.54) is 12.3 Å². The fourth-order valence-corrected chi connectivity index (χ4v) is 2.32. The van der Waals surface area contributed by atoms with E-state index < -0.39 is 22.3 Å². The second-order valence-corrected chi connectivity index (χ2v) is 5.18. The smallest absolute Gasteiger partial charge is 0.283 e. The standard InChI is InChI=1S/C12H11N5O4S/c1-6-10(22-12(13)15-6)11(19)16-14-5-7-2-3-9(18)8(4-7)17(20)21/h2-5,18H,1H3,(H2,13,15)(H,16,19)/p-1. The molecule has 0 unspecified atom stereocenters. The van der Waals surface area contributed by atoms with E-state index in [0.29, 0.717) is 16.1 Å². The molecule has 0 atom stereocenters. The Morgan fingerprint density at radius 2 is 2.27 bits per heavy atom. The number of hydrogen-bond acceptors (Lipinski definition) is 8. The number of hydrogen-bond donors (Lipinski definition) is 2. The highest BCUT2D eigenvalue weighted by molar-refractivity contribution is 7.17. The molecule has 0 spiro atoms. The number of aromatic nitrogens is 1. The van der Waals surface area contributed by atoms with Crippen LogP contribution in [0.4, 0.5) is 10.8 Å². The van der Waals surface area contributed by atoms with Crippen LogP contribution in [0.25, 0.3) is 0 Å². The first kappa shape index (κ1) is 15.4. The minimum atomic E-state index is -0.776. The Morgan fingerprint density at radius 3 is 2.86 bits per heavy atom. The number of carbonyl (C=O) groups is 1. The average Bonchev–Trinajstić information content (AvgIpc) is 2.79. The Balaban J connectivity index is 2.10. The molecule has 0 aliphatic heterocycles. The summed E-state index contributed by atoms with van der Waals surface area (Å²) in [5.74, 6) is -1.18. The maximum atomic E-state index is 11.8. The zero-order valence-corrected chi connectivity index (χ0v) is 12.1. The van der Waals surface area contributed by atoms with E-state index in [1.54, 1.807) is 6.92 Å². The number of rotatable bonds is 4. The zero-order chi connectivity index (χ0) is 16.3. The summed E-state index contributed by atoms with van der Waals surface area (Å²) >= 11 is 1.03. The molecule has 0 saturated carbocycles. The van der Waals surface area contributed by atoms with Gasteiger partial charge in [-0.15, -0.1) is 0 Å². The molecule has 22 heavy (non-hydrogen) atoms. The molecule has 1 amide bonds. The topological polar surface area (TPSA) is 147 Å². The molecule has 9 nitrogen and oxygen atoms in total. The first-order chi connectivity index (χ1) is 10.4. The summed E-state index contributed by atoms with van der Waals surface area (Å²) in [4.78, 5) is 26.0. The number of nitro benzene ring substituents is 1. The van der Waals surface area contributed by atoms with Gasteiger partial charge in [0.1, 0.15) is 4.88 Å². The van der Waals surface area contributed by atoms with Gasteiger partial charge in [-0.05, 0) is 12.7 Å². The number of benzene rings is 1. The van der Waals surface area contributed by atoms with Crippen LogP contribution in [0.5, 0.6) is 5.75 Å². The van der Waals surface area contributed by atoms with Crippen LogP contribution in [0.3, 0.4) is 0 Å². The lowest BCUT2D eigenvalue weighted by molar-refractivity contribution is -0.398. The summed E-state index contributed by atoms with van der Waals surface area (Å²) in [6, 6.07) is 3.50. The molecular weight excluding hydrogens is 310 g/mol. The summed E-state index contributed by atoms with van der Waals surface area (Å²) < 4.78 is 0. The molecule has 0 radical (unpaired) electrons. The fourth-order valence-electron chi connectivity index (χ4n) is 1.60. The Labute approximate surface area is 128 Å². The first-order valence-electron chi connectivity index (χ1n) is 5.90. The molecule has 2 rings (SSSR count). The van der Waals surface area contributed by atoms with E-state index >= 15 is 0 Å². The van der Waals surface area contributed by atoms with Gasteiger partial charge in [-0.3, -0.25) is 14.9 Å². The minimum absolute atomic E-state index is 0.272. The summed E-state index contributed by atoms with van der Waals surface area (Å²) in [5.41, 5.74) is 8.00. The van der Waals surface area contributed by atoms with Crippen molar-refractivity contribution >= 4 is 34.3 Å². The summed E-state index contributed by atoms with van der Waals surface area (Å²) in [6.45, 7) is 1.64. The number of thiazole rings is 1. The molecule has 0 saturated heterocycles. The number of nitrogens with two attached hydrogens (primary N) is 1. The highest BCUT2D eigenvalue weighted by Crippen LogP contribution is 2.23. The molecule has 114 valence electrons. The average molecular weight is 320 g/mol. The van der Waals surface area contributed by atoms with E-state index in [9.17, 15) is 20.0 Å². The number of amides is 1. The van der Waals surface area contributed by atoms with Crippen molar-refractivity contribution in [3.8, 4) is 5.75 Å². The molecule has 1 heterocycles. The van der Waals surface area contributed by atoms with Crippen LogP contribution in [0.1, 0.15) is 20.9 Å². The van der Waals surface area contributed by atoms with Gasteiger partial charge >= 0.3 is 0 Å². The number of nitro groups is 1. The van der Waals surface area contributed by atoms with Gasteiger partial charge in [0.25, 0.3) is 11.6 Å². The lowest BCUT2D eigenvalue weighted by Gasteiger charge is -2.05. The maximum Gasteiger partial charge on any atom is 0.283 e. The van der Waals surface area contributed by atoms with E-state index in [1.807, 2.05) is 0 Å². The highest BCUT2D eigenvalue weighted by atomic mass is 32.1. The van der Waals surface area contributed by atoms with Gasteiger partial charge in [-0.2, -0.15) is 5.10 Å². The van der Waals surface area contributed by atoms with Gasteiger partial charge in [0.15, 0.2) is 5.13 Å². The Kier molecular flexibility index (Phi) is 4.32. The van der Waals surface area contributed by atoms with Crippen LogP contribution in [0.15, 0.2) is 23.3 Å². The lowest BCUT2D eigenvalue weighted by Crippen LogP contribution is -2.17. The van der Waals surface area contributed by atoms with Crippen molar-refractivity contribution in [3.05, 3.63) is 44.4 Å². The lowest BCUT2D eigenvalue weighted by atomic mass is 10.2. The van der Waals surface area contributed by atoms with Crippen LogP contribution >= 0.6 is 11.3 Å².